The first-order valence-electron chi connectivity index (χ1n) is 6.77. The molecule has 1 nitrogen and oxygen atoms in total. The third-order valence-corrected chi connectivity index (χ3v) is 4.35. The van der Waals surface area contributed by atoms with Crippen molar-refractivity contribution in [2.45, 2.75) is 52.4 Å². The van der Waals surface area contributed by atoms with E-state index in [0.29, 0.717) is 0 Å². The smallest absolute Gasteiger partial charge is 0.0351 e. The van der Waals surface area contributed by atoms with Crippen molar-refractivity contribution in [1.29, 1.82) is 0 Å². The van der Waals surface area contributed by atoms with E-state index in [-0.39, 0.29) is 0 Å². The number of ether oxygens (including phenoxy) is 1. The molecule has 4 atom stereocenters. The van der Waals surface area contributed by atoms with Gasteiger partial charge in [0.15, 0.2) is 0 Å². The molecule has 0 aliphatic heterocycles. The molecule has 3 rings (SSSR count). The van der Waals surface area contributed by atoms with E-state index >= 15 is 0 Å². The highest BCUT2D eigenvalue weighted by Gasteiger charge is 2.48. The van der Waals surface area contributed by atoms with Crippen LogP contribution in [0.15, 0.2) is 0 Å². The van der Waals surface area contributed by atoms with E-state index in [1.165, 1.54) is 23.7 Å². The molecule has 15 heavy (non-hydrogen) atoms. The fourth-order valence-electron chi connectivity index (χ4n) is 4.02. The van der Waals surface area contributed by atoms with Gasteiger partial charge in [-0.25, -0.2) is 0 Å². The molecule has 3 fully saturated rings. The summed E-state index contributed by atoms with van der Waals surface area (Å²) in [5.74, 6) is 4.80. The van der Waals surface area contributed by atoms with Crippen LogP contribution in [-0.2, 0) is 4.74 Å². The molecule has 4 unspecified atom stereocenters. The number of hydrogen-bond acceptors (Lipinski definition) is 1. The lowest BCUT2D eigenvalue weighted by Crippen LogP contribution is -2.15. The SMILES string of the molecule is C1CC2C3CCC(C3)C2C1.CC.COC. The van der Waals surface area contributed by atoms with Crippen LogP contribution in [0.4, 0.5) is 0 Å². The summed E-state index contributed by atoms with van der Waals surface area (Å²) in [6.07, 6.45) is 9.53. The van der Waals surface area contributed by atoms with Gasteiger partial charge < -0.3 is 4.74 Å². The molecular weight excluding hydrogens is 184 g/mol. The molecule has 0 amide bonds. The summed E-state index contributed by atoms with van der Waals surface area (Å²) in [7, 11) is 3.25. The number of methoxy groups -OCH3 is 1. The molecule has 0 aromatic heterocycles. The number of hydrogen-bond donors (Lipinski definition) is 0. The fourth-order valence-corrected chi connectivity index (χ4v) is 4.02. The predicted octanol–water partition coefficient (Wildman–Crippen LogP) is 4.12. The van der Waals surface area contributed by atoms with Gasteiger partial charge in [0, 0.05) is 14.2 Å². The van der Waals surface area contributed by atoms with Gasteiger partial charge in [0.05, 0.1) is 0 Å². The standard InChI is InChI=1S/C10H16.C2H6O.C2H6/c1-2-9-7-4-5-8(6-7)10(9)3-1;1-3-2;1-2/h7-10H,1-6H2;1-2H3;1-2H3. The van der Waals surface area contributed by atoms with Crippen molar-refractivity contribution < 1.29 is 4.74 Å². The maximum atomic E-state index is 4.25. The van der Waals surface area contributed by atoms with Crippen molar-refractivity contribution in [2.24, 2.45) is 23.7 Å². The Labute approximate surface area is 95.6 Å². The second kappa shape index (κ2) is 6.52. The summed E-state index contributed by atoms with van der Waals surface area (Å²) in [5.41, 5.74) is 0. The topological polar surface area (TPSA) is 9.23 Å². The van der Waals surface area contributed by atoms with Gasteiger partial charge in [0.1, 0.15) is 0 Å². The molecule has 3 aliphatic carbocycles. The van der Waals surface area contributed by atoms with Crippen molar-refractivity contribution in [1.82, 2.24) is 0 Å². The Morgan fingerprint density at radius 2 is 1.20 bits per heavy atom. The molecule has 0 N–H and O–H groups in total. The molecule has 0 radical (unpaired) electrons. The summed E-state index contributed by atoms with van der Waals surface area (Å²) in [6.45, 7) is 4.00. The Morgan fingerprint density at radius 3 is 1.60 bits per heavy atom. The van der Waals surface area contributed by atoms with Crippen molar-refractivity contribution in [3.8, 4) is 0 Å². The second-order valence-corrected chi connectivity index (χ2v) is 5.00. The average molecular weight is 212 g/mol. The van der Waals surface area contributed by atoms with Crippen LogP contribution in [-0.4, -0.2) is 14.2 Å². The van der Waals surface area contributed by atoms with Crippen LogP contribution >= 0.6 is 0 Å². The van der Waals surface area contributed by atoms with Crippen LogP contribution in [0.3, 0.4) is 0 Å². The number of rotatable bonds is 0. The Hall–Kier alpha value is -0.0400. The van der Waals surface area contributed by atoms with Gasteiger partial charge in [-0.1, -0.05) is 20.3 Å². The van der Waals surface area contributed by atoms with Crippen molar-refractivity contribution in [3.63, 3.8) is 0 Å². The van der Waals surface area contributed by atoms with Gasteiger partial charge in [-0.2, -0.15) is 0 Å². The summed E-state index contributed by atoms with van der Waals surface area (Å²) in [6, 6.07) is 0. The van der Waals surface area contributed by atoms with Crippen molar-refractivity contribution in [2.75, 3.05) is 14.2 Å². The quantitative estimate of drug-likeness (QED) is 0.587. The Bertz CT molecular complexity index is 151. The molecule has 2 bridgehead atoms. The molecule has 0 heterocycles. The minimum absolute atomic E-state index is 1.19. The zero-order valence-electron chi connectivity index (χ0n) is 11.0. The Kier molecular flexibility index (Phi) is 5.66. The molecule has 0 aromatic rings. The Balaban J connectivity index is 0.000000198. The first-order valence-corrected chi connectivity index (χ1v) is 6.77. The van der Waals surface area contributed by atoms with Crippen LogP contribution < -0.4 is 0 Å². The monoisotopic (exact) mass is 212 g/mol. The summed E-state index contributed by atoms with van der Waals surface area (Å²) in [5, 5.41) is 0. The van der Waals surface area contributed by atoms with E-state index in [2.05, 4.69) is 4.74 Å². The van der Waals surface area contributed by atoms with Crippen molar-refractivity contribution >= 4 is 0 Å². The third-order valence-electron chi connectivity index (χ3n) is 4.35. The maximum Gasteiger partial charge on any atom is 0.0351 e. The van der Waals surface area contributed by atoms with Crippen LogP contribution in [0, 0.1) is 23.7 Å². The molecule has 3 aliphatic rings. The lowest BCUT2D eigenvalue weighted by atomic mass is 9.82. The highest BCUT2D eigenvalue weighted by Crippen LogP contribution is 2.58. The van der Waals surface area contributed by atoms with Gasteiger partial charge in [0.25, 0.3) is 0 Å². The van der Waals surface area contributed by atoms with E-state index in [1.54, 1.807) is 52.7 Å². The van der Waals surface area contributed by atoms with Gasteiger partial charge in [0.2, 0.25) is 0 Å². The Morgan fingerprint density at radius 1 is 0.800 bits per heavy atom. The molecule has 1 heteroatoms. The van der Waals surface area contributed by atoms with E-state index in [0.717, 1.165) is 0 Å². The van der Waals surface area contributed by atoms with E-state index < -0.39 is 0 Å². The van der Waals surface area contributed by atoms with Crippen LogP contribution in [0.25, 0.3) is 0 Å². The predicted molar refractivity (Wildman–Crippen MR) is 65.9 cm³/mol. The normalized spacial score (nSPS) is 40.0. The largest absolute Gasteiger partial charge is 0.388 e. The first-order chi connectivity index (χ1) is 7.36. The maximum absolute atomic E-state index is 4.25. The van der Waals surface area contributed by atoms with Crippen LogP contribution in [0.1, 0.15) is 52.4 Å². The van der Waals surface area contributed by atoms with Gasteiger partial charge >= 0.3 is 0 Å². The molecule has 90 valence electrons. The summed E-state index contributed by atoms with van der Waals surface area (Å²) >= 11 is 0. The van der Waals surface area contributed by atoms with Crippen molar-refractivity contribution in [3.05, 3.63) is 0 Å². The number of fused-ring (bicyclic) bond motifs is 5. The minimum atomic E-state index is 1.19. The fraction of sp³-hybridized carbons (Fsp3) is 1.00. The van der Waals surface area contributed by atoms with Crippen LogP contribution in [0.2, 0.25) is 0 Å². The zero-order valence-corrected chi connectivity index (χ0v) is 11.0. The van der Waals surface area contributed by atoms with E-state index in [4.69, 9.17) is 0 Å². The lowest BCUT2D eigenvalue weighted by Gasteiger charge is -2.23. The molecule has 0 saturated heterocycles. The average Bonchev–Trinajstić information content (AvgIpc) is 2.96. The zero-order chi connectivity index (χ0) is 11.3. The third kappa shape index (κ3) is 2.75. The van der Waals surface area contributed by atoms with Crippen LogP contribution in [0.5, 0.6) is 0 Å². The molecule has 0 spiro atoms. The lowest BCUT2D eigenvalue weighted by molar-refractivity contribution is 0.259. The van der Waals surface area contributed by atoms with E-state index in [1.807, 2.05) is 13.8 Å². The highest BCUT2D eigenvalue weighted by molar-refractivity contribution is 4.98. The second-order valence-electron chi connectivity index (χ2n) is 5.00. The highest BCUT2D eigenvalue weighted by atomic mass is 16.4. The minimum Gasteiger partial charge on any atom is -0.388 e. The van der Waals surface area contributed by atoms with Gasteiger partial charge in [-0.3, -0.25) is 0 Å². The summed E-state index contributed by atoms with van der Waals surface area (Å²) in [4.78, 5) is 0. The molecular formula is C14H28O. The summed E-state index contributed by atoms with van der Waals surface area (Å²) < 4.78 is 4.25. The molecule has 0 aromatic carbocycles. The van der Waals surface area contributed by atoms with Gasteiger partial charge in [-0.15, -0.1) is 0 Å². The first kappa shape index (κ1) is 13.0. The van der Waals surface area contributed by atoms with E-state index in [9.17, 15) is 0 Å². The van der Waals surface area contributed by atoms with Gasteiger partial charge in [-0.05, 0) is 55.8 Å². The molecule has 3 saturated carbocycles.